The van der Waals surface area contributed by atoms with Crippen LogP contribution in [0.2, 0.25) is 5.02 Å². The minimum Gasteiger partial charge on any atom is -0.490 e. The van der Waals surface area contributed by atoms with Crippen molar-refractivity contribution in [3.8, 4) is 22.6 Å². The maximum absolute atomic E-state index is 14.5. The van der Waals surface area contributed by atoms with E-state index in [1.165, 1.54) is 12.3 Å². The summed E-state index contributed by atoms with van der Waals surface area (Å²) < 4.78 is 25.7. The van der Waals surface area contributed by atoms with E-state index in [0.29, 0.717) is 39.5 Å². The molecule has 5 aromatic rings. The van der Waals surface area contributed by atoms with Crippen LogP contribution in [0.3, 0.4) is 0 Å². The number of aromatic nitrogens is 1. The summed E-state index contributed by atoms with van der Waals surface area (Å²) in [7, 11) is 0. The van der Waals surface area contributed by atoms with Gasteiger partial charge in [-0.2, -0.15) is 5.10 Å². The molecule has 7 nitrogen and oxygen atoms in total. The third-order valence-electron chi connectivity index (χ3n) is 6.00. The van der Waals surface area contributed by atoms with Gasteiger partial charge < -0.3 is 14.5 Å². The topological polar surface area (TPSA) is 92.8 Å². The molecule has 1 amide bonds. The van der Waals surface area contributed by atoms with Gasteiger partial charge in [-0.25, -0.2) is 14.6 Å². The number of aromatic amines is 1. The van der Waals surface area contributed by atoms with Crippen molar-refractivity contribution in [3.05, 3.63) is 119 Å². The van der Waals surface area contributed by atoms with Gasteiger partial charge in [0.25, 0.3) is 5.91 Å². The van der Waals surface area contributed by atoms with Crippen molar-refractivity contribution in [1.29, 1.82) is 0 Å². The standard InChI is InChI=1S/C31H23ClFN3O4/c1-2-39-26-17-19(11-16-25(26)40-31(38)21-12-14-22(32)15-13-21)18-34-36-30(37)29-27(20-7-4-3-5-8-20)23-9-6-10-24(33)28(23)35-29/h3-18,35H,2H2,1H3,(H,36,37). The third kappa shape index (κ3) is 5.72. The number of fused-ring (bicyclic) bond motifs is 1. The number of hydrazone groups is 1. The Labute approximate surface area is 234 Å². The molecule has 9 heteroatoms. The number of H-pyrrole nitrogens is 1. The fraction of sp³-hybridized carbons (Fsp3) is 0.0645. The van der Waals surface area contributed by atoms with Crippen molar-refractivity contribution < 1.29 is 23.5 Å². The van der Waals surface area contributed by atoms with E-state index in [1.807, 2.05) is 30.3 Å². The van der Waals surface area contributed by atoms with Crippen LogP contribution in [0.15, 0.2) is 96.1 Å². The van der Waals surface area contributed by atoms with Gasteiger partial charge in [0.2, 0.25) is 0 Å². The highest BCUT2D eigenvalue weighted by molar-refractivity contribution is 6.30. The van der Waals surface area contributed by atoms with Crippen molar-refractivity contribution in [3.63, 3.8) is 0 Å². The summed E-state index contributed by atoms with van der Waals surface area (Å²) >= 11 is 5.89. The fourth-order valence-corrected chi connectivity index (χ4v) is 4.31. The number of nitrogens with zero attached hydrogens (tertiary/aromatic N) is 1. The van der Waals surface area contributed by atoms with Crippen molar-refractivity contribution in [2.45, 2.75) is 6.92 Å². The zero-order valence-electron chi connectivity index (χ0n) is 21.3. The summed E-state index contributed by atoms with van der Waals surface area (Å²) in [4.78, 5) is 28.6. The predicted octanol–water partition coefficient (Wildman–Crippen LogP) is 7.01. The molecule has 0 bridgehead atoms. The second kappa shape index (κ2) is 11.8. The van der Waals surface area contributed by atoms with Gasteiger partial charge in [-0.05, 0) is 66.6 Å². The Morgan fingerprint density at radius 1 is 0.975 bits per heavy atom. The van der Waals surface area contributed by atoms with Gasteiger partial charge >= 0.3 is 5.97 Å². The molecule has 1 aromatic heterocycles. The first-order chi connectivity index (χ1) is 19.4. The Bertz CT molecular complexity index is 1720. The highest BCUT2D eigenvalue weighted by Crippen LogP contribution is 2.33. The summed E-state index contributed by atoms with van der Waals surface area (Å²) in [6.07, 6.45) is 1.43. The molecule has 0 aliphatic rings. The Morgan fingerprint density at radius 2 is 1.75 bits per heavy atom. The number of hydrogen-bond donors (Lipinski definition) is 2. The molecule has 40 heavy (non-hydrogen) atoms. The number of benzene rings is 4. The van der Waals surface area contributed by atoms with E-state index >= 15 is 0 Å². The lowest BCUT2D eigenvalue weighted by Crippen LogP contribution is -2.19. The van der Waals surface area contributed by atoms with Crippen molar-refractivity contribution in [2.75, 3.05) is 6.61 Å². The van der Waals surface area contributed by atoms with Crippen LogP contribution in [0.25, 0.3) is 22.0 Å². The zero-order valence-corrected chi connectivity index (χ0v) is 22.0. The monoisotopic (exact) mass is 555 g/mol. The van der Waals surface area contributed by atoms with Gasteiger partial charge in [0.1, 0.15) is 11.5 Å². The molecular weight excluding hydrogens is 533 g/mol. The molecule has 5 rings (SSSR count). The molecular formula is C31H23ClFN3O4. The SMILES string of the molecule is CCOc1cc(C=NNC(=O)c2[nH]c3c(F)cccc3c2-c2ccccc2)ccc1OC(=O)c1ccc(Cl)cc1. The van der Waals surface area contributed by atoms with E-state index in [2.05, 4.69) is 15.5 Å². The molecule has 0 atom stereocenters. The van der Waals surface area contributed by atoms with Gasteiger partial charge in [0, 0.05) is 16.0 Å². The number of carbonyl (C=O) groups excluding carboxylic acids is 2. The molecule has 0 aliphatic heterocycles. The quantitative estimate of drug-likeness (QED) is 0.0932. The van der Waals surface area contributed by atoms with Crippen LogP contribution in [-0.4, -0.2) is 29.7 Å². The lowest BCUT2D eigenvalue weighted by Gasteiger charge is -2.11. The Hall–Kier alpha value is -4.95. The lowest BCUT2D eigenvalue weighted by atomic mass is 10.0. The minimum atomic E-state index is -0.560. The Kier molecular flexibility index (Phi) is 7.89. The summed E-state index contributed by atoms with van der Waals surface area (Å²) in [5.41, 5.74) is 5.19. The average Bonchev–Trinajstić information content (AvgIpc) is 3.36. The maximum Gasteiger partial charge on any atom is 0.343 e. The molecule has 0 saturated carbocycles. The summed E-state index contributed by atoms with van der Waals surface area (Å²) in [6.45, 7) is 2.14. The number of para-hydroxylation sites is 1. The number of rotatable bonds is 8. The molecule has 200 valence electrons. The lowest BCUT2D eigenvalue weighted by molar-refractivity contribution is 0.0728. The Morgan fingerprint density at radius 3 is 2.50 bits per heavy atom. The van der Waals surface area contributed by atoms with E-state index < -0.39 is 17.7 Å². The van der Waals surface area contributed by atoms with Gasteiger partial charge in [0.15, 0.2) is 11.5 Å². The molecule has 0 unspecified atom stereocenters. The fourth-order valence-electron chi connectivity index (χ4n) is 4.18. The van der Waals surface area contributed by atoms with Crippen molar-refractivity contribution in [2.24, 2.45) is 5.10 Å². The van der Waals surface area contributed by atoms with E-state index in [4.69, 9.17) is 21.1 Å². The number of hydrogen-bond acceptors (Lipinski definition) is 5. The largest absolute Gasteiger partial charge is 0.490 e. The first-order valence-corrected chi connectivity index (χ1v) is 12.8. The van der Waals surface area contributed by atoms with Crippen LogP contribution in [0.5, 0.6) is 11.5 Å². The molecule has 2 N–H and O–H groups in total. The molecule has 0 radical (unpaired) electrons. The van der Waals surface area contributed by atoms with Crippen LogP contribution >= 0.6 is 11.6 Å². The molecule has 0 fully saturated rings. The van der Waals surface area contributed by atoms with E-state index in [0.717, 1.165) is 5.56 Å². The van der Waals surface area contributed by atoms with Gasteiger partial charge in [-0.3, -0.25) is 4.79 Å². The van der Waals surface area contributed by atoms with E-state index in [-0.39, 0.29) is 17.0 Å². The Balaban J connectivity index is 1.36. The van der Waals surface area contributed by atoms with Crippen LogP contribution in [-0.2, 0) is 0 Å². The normalized spacial score (nSPS) is 11.1. The molecule has 0 spiro atoms. The number of esters is 1. The molecule has 0 saturated heterocycles. The summed E-state index contributed by atoms with van der Waals surface area (Å²) in [6, 6.07) is 25.2. The highest BCUT2D eigenvalue weighted by atomic mass is 35.5. The minimum absolute atomic E-state index is 0.183. The van der Waals surface area contributed by atoms with E-state index in [1.54, 1.807) is 61.5 Å². The first-order valence-electron chi connectivity index (χ1n) is 12.4. The number of nitrogens with one attached hydrogen (secondary N) is 2. The zero-order chi connectivity index (χ0) is 28.1. The summed E-state index contributed by atoms with van der Waals surface area (Å²) in [5, 5.41) is 5.18. The van der Waals surface area contributed by atoms with Crippen LogP contribution in [0, 0.1) is 5.82 Å². The first kappa shape index (κ1) is 26.6. The smallest absolute Gasteiger partial charge is 0.343 e. The second-order valence-corrected chi connectivity index (χ2v) is 9.07. The van der Waals surface area contributed by atoms with E-state index in [9.17, 15) is 14.0 Å². The molecule has 0 aliphatic carbocycles. The maximum atomic E-state index is 14.5. The number of carbonyl (C=O) groups is 2. The molecule has 1 heterocycles. The third-order valence-corrected chi connectivity index (χ3v) is 6.25. The van der Waals surface area contributed by atoms with Gasteiger partial charge in [-0.15, -0.1) is 0 Å². The van der Waals surface area contributed by atoms with Gasteiger partial charge in [-0.1, -0.05) is 54.1 Å². The molecule has 4 aromatic carbocycles. The second-order valence-electron chi connectivity index (χ2n) is 8.64. The average molecular weight is 556 g/mol. The highest BCUT2D eigenvalue weighted by Gasteiger charge is 2.20. The summed E-state index contributed by atoms with van der Waals surface area (Å²) in [5.74, 6) is -0.995. The van der Waals surface area contributed by atoms with Crippen LogP contribution in [0.4, 0.5) is 4.39 Å². The number of ether oxygens (including phenoxy) is 2. The predicted molar refractivity (Wildman–Crippen MR) is 153 cm³/mol. The van der Waals surface area contributed by atoms with Gasteiger partial charge in [0.05, 0.1) is 23.9 Å². The number of amides is 1. The van der Waals surface area contributed by atoms with Crippen molar-refractivity contribution >= 4 is 40.6 Å². The van der Waals surface area contributed by atoms with Crippen LogP contribution in [0.1, 0.15) is 33.3 Å². The van der Waals surface area contributed by atoms with Crippen LogP contribution < -0.4 is 14.9 Å². The number of halogens is 2. The van der Waals surface area contributed by atoms with Crippen molar-refractivity contribution in [1.82, 2.24) is 10.4 Å².